The number of hydrazone groups is 1. The standard InChI is InChI=1S/C24H28Br2N2O/c1-15(2)21-13-22(17-5-9-19(25)10-6-17)28(27-21)23(14-24(29)16(3)4)18-7-11-20(26)12-8-18/h5-12,15-16,22-23H,13-14H2,1-4H3/t22-,23+/m1/s1. The van der Waals surface area contributed by atoms with Crippen LogP contribution in [-0.4, -0.2) is 16.5 Å². The van der Waals surface area contributed by atoms with Gasteiger partial charge in [-0.1, -0.05) is 83.8 Å². The lowest BCUT2D eigenvalue weighted by Gasteiger charge is -2.33. The van der Waals surface area contributed by atoms with E-state index in [0.29, 0.717) is 12.3 Å². The molecule has 0 saturated heterocycles. The van der Waals surface area contributed by atoms with Crippen molar-refractivity contribution in [3.05, 3.63) is 68.6 Å². The van der Waals surface area contributed by atoms with Crippen LogP contribution in [-0.2, 0) is 4.79 Å². The minimum Gasteiger partial charge on any atom is -0.299 e. The number of hydrogen-bond donors (Lipinski definition) is 0. The summed E-state index contributed by atoms with van der Waals surface area (Å²) in [7, 11) is 0. The molecular formula is C24H28Br2N2O. The van der Waals surface area contributed by atoms with Crippen LogP contribution in [0.4, 0.5) is 0 Å². The van der Waals surface area contributed by atoms with Gasteiger partial charge in [0.05, 0.1) is 12.1 Å². The second-order valence-corrected chi connectivity index (χ2v) is 10.1. The van der Waals surface area contributed by atoms with Crippen LogP contribution in [0.1, 0.15) is 63.7 Å². The highest BCUT2D eigenvalue weighted by Crippen LogP contribution is 2.41. The molecule has 1 aliphatic heterocycles. The molecule has 0 fully saturated rings. The summed E-state index contributed by atoms with van der Waals surface area (Å²) in [6, 6.07) is 16.8. The molecule has 2 aromatic carbocycles. The molecule has 3 rings (SSSR count). The Balaban J connectivity index is 2.03. The average molecular weight is 520 g/mol. The number of ketones is 1. The van der Waals surface area contributed by atoms with Crippen LogP contribution >= 0.6 is 31.9 Å². The van der Waals surface area contributed by atoms with E-state index in [1.165, 1.54) is 11.3 Å². The Hall–Kier alpha value is -1.46. The molecule has 0 bridgehead atoms. The molecule has 0 radical (unpaired) electrons. The molecule has 2 aromatic rings. The maximum absolute atomic E-state index is 12.8. The fraction of sp³-hybridized carbons (Fsp3) is 0.417. The molecule has 0 aliphatic carbocycles. The van der Waals surface area contributed by atoms with Crippen molar-refractivity contribution in [3.8, 4) is 0 Å². The van der Waals surface area contributed by atoms with Gasteiger partial charge in [-0.05, 0) is 41.3 Å². The van der Waals surface area contributed by atoms with Crippen LogP contribution in [0.25, 0.3) is 0 Å². The van der Waals surface area contributed by atoms with E-state index in [1.54, 1.807) is 0 Å². The van der Waals surface area contributed by atoms with E-state index < -0.39 is 0 Å². The first kappa shape index (κ1) is 22.2. The number of carbonyl (C=O) groups is 1. The number of nitrogens with zero attached hydrogens (tertiary/aromatic N) is 2. The van der Waals surface area contributed by atoms with E-state index in [4.69, 9.17) is 5.10 Å². The SMILES string of the molecule is CC(C)C(=O)C[C@@H](c1ccc(Br)cc1)N1N=C(C(C)C)C[C@@H]1c1ccc(Br)cc1. The molecule has 1 aliphatic rings. The van der Waals surface area contributed by atoms with Gasteiger partial charge in [0.1, 0.15) is 5.78 Å². The number of rotatable bonds is 7. The van der Waals surface area contributed by atoms with Crippen molar-refractivity contribution in [3.63, 3.8) is 0 Å². The highest BCUT2D eigenvalue weighted by Gasteiger charge is 2.35. The Kier molecular flexibility index (Phi) is 7.33. The number of hydrogen-bond acceptors (Lipinski definition) is 3. The van der Waals surface area contributed by atoms with Gasteiger partial charge in [-0.15, -0.1) is 0 Å². The van der Waals surface area contributed by atoms with Crippen LogP contribution < -0.4 is 0 Å². The van der Waals surface area contributed by atoms with Crippen molar-refractivity contribution in [2.75, 3.05) is 0 Å². The lowest BCUT2D eigenvalue weighted by atomic mass is 9.92. The molecule has 0 unspecified atom stereocenters. The van der Waals surface area contributed by atoms with Gasteiger partial charge in [0.2, 0.25) is 0 Å². The minimum absolute atomic E-state index is 0.00947. The van der Waals surface area contributed by atoms with Gasteiger partial charge < -0.3 is 0 Å². The van der Waals surface area contributed by atoms with Crippen LogP contribution in [0.5, 0.6) is 0 Å². The highest BCUT2D eigenvalue weighted by molar-refractivity contribution is 9.10. The molecule has 0 aromatic heterocycles. The number of Topliss-reactive ketones (excluding diaryl/α,β-unsaturated/α-hetero) is 1. The summed E-state index contributed by atoms with van der Waals surface area (Å²) in [6.07, 6.45) is 1.35. The molecule has 154 valence electrons. The molecule has 5 heteroatoms. The zero-order chi connectivity index (χ0) is 21.1. The van der Waals surface area contributed by atoms with Gasteiger partial charge in [0, 0.05) is 33.4 Å². The summed E-state index contributed by atoms with van der Waals surface area (Å²) in [5, 5.41) is 7.24. The monoisotopic (exact) mass is 518 g/mol. The third-order valence-electron chi connectivity index (χ3n) is 5.50. The van der Waals surface area contributed by atoms with Gasteiger partial charge in [0.15, 0.2) is 0 Å². The summed E-state index contributed by atoms with van der Waals surface area (Å²) in [5.41, 5.74) is 3.54. The molecule has 1 heterocycles. The van der Waals surface area contributed by atoms with Crippen molar-refractivity contribution in [2.24, 2.45) is 16.9 Å². The zero-order valence-electron chi connectivity index (χ0n) is 17.4. The number of benzene rings is 2. The first-order valence-electron chi connectivity index (χ1n) is 10.2. The molecular weight excluding hydrogens is 492 g/mol. The van der Waals surface area contributed by atoms with Crippen LogP contribution in [0.15, 0.2) is 62.6 Å². The Morgan fingerprint density at radius 1 is 1.00 bits per heavy atom. The summed E-state index contributed by atoms with van der Waals surface area (Å²) in [4.78, 5) is 12.8. The molecule has 29 heavy (non-hydrogen) atoms. The van der Waals surface area contributed by atoms with E-state index in [-0.39, 0.29) is 23.8 Å². The topological polar surface area (TPSA) is 32.7 Å². The number of carbonyl (C=O) groups excluding carboxylic acids is 1. The third kappa shape index (κ3) is 5.37. The molecule has 0 amide bonds. The first-order chi connectivity index (χ1) is 13.8. The van der Waals surface area contributed by atoms with Crippen molar-refractivity contribution in [2.45, 2.75) is 52.6 Å². The van der Waals surface area contributed by atoms with Crippen molar-refractivity contribution in [1.82, 2.24) is 5.01 Å². The zero-order valence-corrected chi connectivity index (χ0v) is 20.6. The predicted octanol–water partition coefficient (Wildman–Crippen LogP) is 7.33. The van der Waals surface area contributed by atoms with E-state index in [9.17, 15) is 4.79 Å². The van der Waals surface area contributed by atoms with Crippen molar-refractivity contribution in [1.29, 1.82) is 0 Å². The fourth-order valence-electron chi connectivity index (χ4n) is 3.62. The lowest BCUT2D eigenvalue weighted by molar-refractivity contribution is -0.123. The first-order valence-corrected chi connectivity index (χ1v) is 11.7. The molecule has 3 nitrogen and oxygen atoms in total. The van der Waals surface area contributed by atoms with E-state index in [2.05, 4.69) is 87.1 Å². The summed E-state index contributed by atoms with van der Waals surface area (Å²) in [6.45, 7) is 8.32. The predicted molar refractivity (Wildman–Crippen MR) is 127 cm³/mol. The Morgan fingerprint density at radius 2 is 1.55 bits per heavy atom. The quantitative estimate of drug-likeness (QED) is 0.383. The van der Waals surface area contributed by atoms with Gasteiger partial charge in [-0.3, -0.25) is 9.80 Å². The largest absolute Gasteiger partial charge is 0.299 e. The maximum atomic E-state index is 12.8. The maximum Gasteiger partial charge on any atom is 0.137 e. The highest BCUT2D eigenvalue weighted by atomic mass is 79.9. The van der Waals surface area contributed by atoms with Gasteiger partial charge in [-0.2, -0.15) is 5.10 Å². The van der Waals surface area contributed by atoms with E-state index >= 15 is 0 Å². The van der Waals surface area contributed by atoms with Crippen LogP contribution in [0.3, 0.4) is 0 Å². The average Bonchev–Trinajstić information content (AvgIpc) is 3.12. The van der Waals surface area contributed by atoms with E-state index in [1.807, 2.05) is 26.0 Å². The normalized spacial score (nSPS) is 17.7. The Morgan fingerprint density at radius 3 is 2.07 bits per heavy atom. The third-order valence-corrected chi connectivity index (χ3v) is 6.56. The smallest absolute Gasteiger partial charge is 0.137 e. The summed E-state index contributed by atoms with van der Waals surface area (Å²) < 4.78 is 2.10. The van der Waals surface area contributed by atoms with Gasteiger partial charge in [0.25, 0.3) is 0 Å². The second-order valence-electron chi connectivity index (χ2n) is 8.29. The van der Waals surface area contributed by atoms with E-state index in [0.717, 1.165) is 20.9 Å². The molecule has 0 N–H and O–H groups in total. The van der Waals surface area contributed by atoms with Crippen molar-refractivity contribution < 1.29 is 4.79 Å². The van der Waals surface area contributed by atoms with Gasteiger partial charge in [-0.25, -0.2) is 0 Å². The van der Waals surface area contributed by atoms with Crippen LogP contribution in [0, 0.1) is 11.8 Å². The minimum atomic E-state index is -0.0807. The summed E-state index contributed by atoms with van der Waals surface area (Å²) in [5.74, 6) is 0.653. The van der Waals surface area contributed by atoms with Crippen molar-refractivity contribution >= 4 is 43.4 Å². The van der Waals surface area contributed by atoms with Crippen LogP contribution in [0.2, 0.25) is 0 Å². The molecule has 0 spiro atoms. The lowest BCUT2D eigenvalue weighted by Crippen LogP contribution is -2.28. The Bertz CT molecular complexity index is 873. The molecule has 0 saturated carbocycles. The van der Waals surface area contributed by atoms with Gasteiger partial charge >= 0.3 is 0 Å². The summed E-state index contributed by atoms with van der Waals surface area (Å²) >= 11 is 7.06. The fourth-order valence-corrected chi connectivity index (χ4v) is 4.15. The Labute approximate surface area is 190 Å². The number of halogens is 2. The second kappa shape index (κ2) is 9.57. The molecule has 2 atom stereocenters.